The molecule has 1 aromatic carbocycles. The quantitative estimate of drug-likeness (QED) is 0.741. The van der Waals surface area contributed by atoms with E-state index in [1.165, 1.54) is 14.0 Å². The number of methoxy groups -OCH3 is 1. The van der Waals surface area contributed by atoms with E-state index in [1.54, 1.807) is 6.92 Å². The molecular weight excluding hydrogens is 284 g/mol. The maximum atomic E-state index is 12.2. The zero-order valence-electron chi connectivity index (χ0n) is 13.1. The van der Waals surface area contributed by atoms with Gasteiger partial charge < -0.3 is 15.4 Å². The van der Waals surface area contributed by atoms with Gasteiger partial charge in [-0.05, 0) is 5.56 Å². The molecule has 6 heteroatoms. The first kappa shape index (κ1) is 17.7. The Balaban J connectivity index is 2.73. The summed E-state index contributed by atoms with van der Waals surface area (Å²) in [5.41, 5.74) is 0.827. The van der Waals surface area contributed by atoms with Gasteiger partial charge in [0.2, 0.25) is 11.8 Å². The zero-order valence-corrected chi connectivity index (χ0v) is 13.1. The van der Waals surface area contributed by atoms with E-state index in [0.29, 0.717) is 0 Å². The van der Waals surface area contributed by atoms with Crippen LogP contribution in [0.15, 0.2) is 30.3 Å². The number of hydrogen-bond acceptors (Lipinski definition) is 4. The Hall–Kier alpha value is -2.37. The van der Waals surface area contributed by atoms with Gasteiger partial charge in [-0.3, -0.25) is 14.4 Å². The van der Waals surface area contributed by atoms with Gasteiger partial charge in [0.15, 0.2) is 0 Å². The molecule has 2 atom stereocenters. The molecule has 0 aromatic heterocycles. The lowest BCUT2D eigenvalue weighted by Gasteiger charge is -2.21. The van der Waals surface area contributed by atoms with E-state index in [4.69, 9.17) is 0 Å². The Labute approximate surface area is 130 Å². The van der Waals surface area contributed by atoms with Crippen LogP contribution < -0.4 is 10.6 Å². The maximum Gasteiger partial charge on any atom is 0.307 e. The van der Waals surface area contributed by atoms with Crippen molar-refractivity contribution in [2.45, 2.75) is 26.3 Å². The first-order valence-electron chi connectivity index (χ1n) is 7.10. The Morgan fingerprint density at radius 3 is 2.36 bits per heavy atom. The topological polar surface area (TPSA) is 84.5 Å². The summed E-state index contributed by atoms with van der Waals surface area (Å²) < 4.78 is 4.68. The van der Waals surface area contributed by atoms with Crippen molar-refractivity contribution in [3.8, 4) is 0 Å². The van der Waals surface area contributed by atoms with E-state index < -0.39 is 17.9 Å². The molecule has 2 N–H and O–H groups in total. The first-order valence-corrected chi connectivity index (χ1v) is 7.10. The van der Waals surface area contributed by atoms with Gasteiger partial charge >= 0.3 is 5.97 Å². The molecular formula is C16H22N2O4. The molecule has 0 saturated heterocycles. The number of ether oxygens (including phenoxy) is 1. The number of carbonyl (C=O) groups excluding carboxylic acids is 3. The van der Waals surface area contributed by atoms with Gasteiger partial charge in [0.25, 0.3) is 0 Å². The summed E-state index contributed by atoms with van der Waals surface area (Å²) >= 11 is 0. The van der Waals surface area contributed by atoms with Crippen LogP contribution in [0.1, 0.15) is 31.9 Å². The van der Waals surface area contributed by atoms with E-state index in [9.17, 15) is 14.4 Å². The van der Waals surface area contributed by atoms with Gasteiger partial charge in [0.05, 0.1) is 25.5 Å². The highest BCUT2D eigenvalue weighted by atomic mass is 16.5. The number of nitrogens with one attached hydrogen (secondary N) is 2. The Morgan fingerprint density at radius 2 is 1.82 bits per heavy atom. The van der Waals surface area contributed by atoms with Crippen molar-refractivity contribution in [1.82, 2.24) is 10.6 Å². The molecule has 0 unspecified atom stereocenters. The van der Waals surface area contributed by atoms with Crippen molar-refractivity contribution < 1.29 is 19.1 Å². The number of benzene rings is 1. The van der Waals surface area contributed by atoms with Gasteiger partial charge in [-0.1, -0.05) is 37.3 Å². The fourth-order valence-electron chi connectivity index (χ4n) is 1.89. The van der Waals surface area contributed by atoms with E-state index in [1.807, 2.05) is 30.3 Å². The van der Waals surface area contributed by atoms with Crippen molar-refractivity contribution in [2.24, 2.45) is 5.92 Å². The van der Waals surface area contributed by atoms with Gasteiger partial charge in [-0.2, -0.15) is 0 Å². The molecule has 6 nitrogen and oxygen atoms in total. The van der Waals surface area contributed by atoms with Crippen molar-refractivity contribution in [3.63, 3.8) is 0 Å². The predicted molar refractivity (Wildman–Crippen MR) is 81.8 cm³/mol. The highest BCUT2D eigenvalue weighted by Gasteiger charge is 2.21. The van der Waals surface area contributed by atoms with Gasteiger partial charge in [-0.25, -0.2) is 0 Å². The lowest BCUT2D eigenvalue weighted by Crippen LogP contribution is -2.39. The second-order valence-corrected chi connectivity index (χ2v) is 5.09. The van der Waals surface area contributed by atoms with Crippen LogP contribution >= 0.6 is 0 Å². The number of esters is 1. The fraction of sp³-hybridized carbons (Fsp3) is 0.438. The second kappa shape index (κ2) is 8.81. The minimum atomic E-state index is -0.457. The van der Waals surface area contributed by atoms with E-state index in [-0.39, 0.29) is 24.8 Å². The molecule has 0 aliphatic heterocycles. The largest absolute Gasteiger partial charge is 0.469 e. The van der Waals surface area contributed by atoms with Crippen molar-refractivity contribution in [2.75, 3.05) is 13.7 Å². The molecule has 0 spiro atoms. The lowest BCUT2D eigenvalue weighted by atomic mass is 10.0. The van der Waals surface area contributed by atoms with Crippen LogP contribution in [0.3, 0.4) is 0 Å². The van der Waals surface area contributed by atoms with Crippen LogP contribution in [-0.4, -0.2) is 31.4 Å². The third-order valence-electron chi connectivity index (χ3n) is 3.22. The second-order valence-electron chi connectivity index (χ2n) is 5.09. The van der Waals surface area contributed by atoms with E-state index >= 15 is 0 Å². The maximum absolute atomic E-state index is 12.2. The van der Waals surface area contributed by atoms with Crippen molar-refractivity contribution in [3.05, 3.63) is 35.9 Å². The molecule has 0 bridgehead atoms. The molecule has 0 aliphatic rings. The predicted octanol–water partition coefficient (Wildman–Crippen LogP) is 1.18. The SMILES string of the molecule is COC(=O)C[C@H](NC(=O)[C@H](C)CNC(C)=O)c1ccccc1. The summed E-state index contributed by atoms with van der Waals surface area (Å²) in [7, 11) is 1.31. The van der Waals surface area contributed by atoms with Crippen LogP contribution in [-0.2, 0) is 19.1 Å². The van der Waals surface area contributed by atoms with E-state index in [2.05, 4.69) is 15.4 Å². The normalized spacial score (nSPS) is 12.9. The van der Waals surface area contributed by atoms with Gasteiger partial charge in [0.1, 0.15) is 0 Å². The molecule has 2 amide bonds. The van der Waals surface area contributed by atoms with Crippen LogP contribution in [0.25, 0.3) is 0 Å². The van der Waals surface area contributed by atoms with Crippen LogP contribution in [0.2, 0.25) is 0 Å². The zero-order chi connectivity index (χ0) is 16.5. The van der Waals surface area contributed by atoms with Gasteiger partial charge in [0, 0.05) is 13.5 Å². The summed E-state index contributed by atoms with van der Waals surface area (Å²) in [4.78, 5) is 34.6. The van der Waals surface area contributed by atoms with E-state index in [0.717, 1.165) is 5.56 Å². The number of amides is 2. The summed E-state index contributed by atoms with van der Waals surface area (Å²) in [6, 6.07) is 8.76. The lowest BCUT2D eigenvalue weighted by molar-refractivity contribution is -0.141. The standard InChI is InChI=1S/C16H22N2O4/c1-11(10-17-12(2)19)16(21)18-14(9-15(20)22-3)13-7-5-4-6-8-13/h4-8,11,14H,9-10H2,1-3H3,(H,17,19)(H,18,21)/t11-,14+/m1/s1. The van der Waals surface area contributed by atoms with Crippen LogP contribution in [0.4, 0.5) is 0 Å². The summed E-state index contributed by atoms with van der Waals surface area (Å²) in [6.45, 7) is 3.36. The number of carbonyl (C=O) groups is 3. The molecule has 1 rings (SSSR count). The number of rotatable bonds is 7. The Morgan fingerprint density at radius 1 is 1.18 bits per heavy atom. The van der Waals surface area contributed by atoms with Gasteiger partial charge in [-0.15, -0.1) is 0 Å². The minimum Gasteiger partial charge on any atom is -0.469 e. The molecule has 1 aromatic rings. The Bertz CT molecular complexity index is 516. The average Bonchev–Trinajstić information content (AvgIpc) is 2.52. The molecule has 22 heavy (non-hydrogen) atoms. The molecule has 120 valence electrons. The third-order valence-corrected chi connectivity index (χ3v) is 3.22. The third kappa shape index (κ3) is 5.95. The Kier molecular flexibility index (Phi) is 7.08. The number of hydrogen-bond donors (Lipinski definition) is 2. The van der Waals surface area contributed by atoms with Crippen LogP contribution in [0, 0.1) is 5.92 Å². The molecule has 0 heterocycles. The van der Waals surface area contributed by atoms with Crippen molar-refractivity contribution >= 4 is 17.8 Å². The molecule has 0 saturated carbocycles. The highest BCUT2D eigenvalue weighted by Crippen LogP contribution is 2.17. The molecule has 0 fully saturated rings. The van der Waals surface area contributed by atoms with Crippen LogP contribution in [0.5, 0.6) is 0 Å². The summed E-state index contributed by atoms with van der Waals surface area (Å²) in [5.74, 6) is -1.21. The smallest absolute Gasteiger partial charge is 0.307 e. The first-order chi connectivity index (χ1) is 10.4. The van der Waals surface area contributed by atoms with Crippen molar-refractivity contribution in [1.29, 1.82) is 0 Å². The molecule has 0 aliphatic carbocycles. The average molecular weight is 306 g/mol. The molecule has 0 radical (unpaired) electrons. The summed E-state index contributed by atoms with van der Waals surface area (Å²) in [6.07, 6.45) is 0.0547. The fourth-order valence-corrected chi connectivity index (χ4v) is 1.89. The minimum absolute atomic E-state index is 0.0547. The monoisotopic (exact) mass is 306 g/mol. The summed E-state index contributed by atoms with van der Waals surface area (Å²) in [5, 5.41) is 5.43. The highest BCUT2D eigenvalue weighted by molar-refractivity contribution is 5.81.